The number of likely N-dealkylation sites (tertiary alicyclic amines) is 1. The number of ether oxygens (including phenoxy) is 2. The standard InChI is InChI=1S/C19H27NO5/c1-14(10-15-6-4-5-7-16(15)25-3)11-17(21)20-9-8-19(12-20,13-24-2)18(22)23/h4-7,14H,8-13H2,1-3H3,(H,22,23). The van der Waals surface area contributed by atoms with E-state index in [0.29, 0.717) is 19.4 Å². The number of hydrogen-bond acceptors (Lipinski definition) is 4. The van der Waals surface area contributed by atoms with Crippen LogP contribution in [0.5, 0.6) is 5.75 Å². The number of para-hydroxylation sites is 1. The summed E-state index contributed by atoms with van der Waals surface area (Å²) in [6.07, 6.45) is 1.56. The summed E-state index contributed by atoms with van der Waals surface area (Å²) in [5.41, 5.74) is 0.0991. The number of methoxy groups -OCH3 is 2. The van der Waals surface area contributed by atoms with E-state index in [1.165, 1.54) is 7.11 Å². The Balaban J connectivity index is 1.94. The van der Waals surface area contributed by atoms with Crippen LogP contribution in [0.3, 0.4) is 0 Å². The first-order valence-electron chi connectivity index (χ1n) is 8.54. The summed E-state index contributed by atoms with van der Waals surface area (Å²) in [5, 5.41) is 9.50. The molecule has 1 aliphatic heterocycles. The second kappa shape index (κ2) is 8.34. The van der Waals surface area contributed by atoms with Gasteiger partial charge in [0.15, 0.2) is 0 Å². The smallest absolute Gasteiger partial charge is 0.313 e. The van der Waals surface area contributed by atoms with Crippen molar-refractivity contribution in [3.63, 3.8) is 0 Å². The lowest BCUT2D eigenvalue weighted by molar-refractivity contribution is -0.151. The molecular formula is C19H27NO5. The van der Waals surface area contributed by atoms with E-state index in [9.17, 15) is 14.7 Å². The molecule has 6 heteroatoms. The monoisotopic (exact) mass is 349 g/mol. The quantitative estimate of drug-likeness (QED) is 0.779. The summed E-state index contributed by atoms with van der Waals surface area (Å²) in [7, 11) is 3.13. The lowest BCUT2D eigenvalue weighted by Gasteiger charge is -2.24. The molecule has 138 valence electrons. The number of carboxylic acid groups (broad SMARTS) is 1. The molecule has 1 aliphatic rings. The van der Waals surface area contributed by atoms with Gasteiger partial charge in [0, 0.05) is 26.6 Å². The van der Waals surface area contributed by atoms with Crippen molar-refractivity contribution in [3.05, 3.63) is 29.8 Å². The number of benzene rings is 1. The lowest BCUT2D eigenvalue weighted by Crippen LogP contribution is -2.40. The minimum atomic E-state index is -0.976. The molecule has 2 atom stereocenters. The molecule has 0 aromatic heterocycles. The molecule has 1 amide bonds. The molecule has 0 spiro atoms. The van der Waals surface area contributed by atoms with Gasteiger partial charge in [-0.15, -0.1) is 0 Å². The fourth-order valence-electron chi connectivity index (χ4n) is 3.46. The molecule has 1 heterocycles. The molecule has 0 aliphatic carbocycles. The van der Waals surface area contributed by atoms with Crippen LogP contribution in [0.15, 0.2) is 24.3 Å². The van der Waals surface area contributed by atoms with Crippen LogP contribution >= 0.6 is 0 Å². The van der Waals surface area contributed by atoms with Crippen molar-refractivity contribution in [2.24, 2.45) is 11.3 Å². The second-order valence-electron chi connectivity index (χ2n) is 6.91. The molecule has 1 fully saturated rings. The second-order valence-corrected chi connectivity index (χ2v) is 6.91. The normalized spacial score (nSPS) is 21.2. The topological polar surface area (TPSA) is 76.1 Å². The lowest BCUT2D eigenvalue weighted by atomic mass is 9.88. The molecular weight excluding hydrogens is 322 g/mol. The van der Waals surface area contributed by atoms with Crippen LogP contribution in [0.4, 0.5) is 0 Å². The fourth-order valence-corrected chi connectivity index (χ4v) is 3.46. The van der Waals surface area contributed by atoms with Crippen molar-refractivity contribution >= 4 is 11.9 Å². The van der Waals surface area contributed by atoms with Gasteiger partial charge in [-0.3, -0.25) is 9.59 Å². The molecule has 1 aromatic carbocycles. The molecule has 0 bridgehead atoms. The molecule has 1 saturated heterocycles. The van der Waals surface area contributed by atoms with Gasteiger partial charge in [-0.2, -0.15) is 0 Å². The largest absolute Gasteiger partial charge is 0.496 e. The van der Waals surface area contributed by atoms with Gasteiger partial charge in [-0.1, -0.05) is 25.1 Å². The number of carboxylic acids is 1. The van der Waals surface area contributed by atoms with Crippen LogP contribution in [-0.2, 0) is 20.7 Å². The summed E-state index contributed by atoms with van der Waals surface area (Å²) < 4.78 is 10.4. The Kier molecular flexibility index (Phi) is 6.42. The number of carbonyl (C=O) groups excluding carboxylic acids is 1. The van der Waals surface area contributed by atoms with Crippen molar-refractivity contribution in [3.8, 4) is 5.75 Å². The number of amides is 1. The Bertz CT molecular complexity index is 618. The third-order valence-electron chi connectivity index (χ3n) is 4.86. The van der Waals surface area contributed by atoms with Crippen LogP contribution in [0.25, 0.3) is 0 Å². The van der Waals surface area contributed by atoms with E-state index in [0.717, 1.165) is 17.7 Å². The number of rotatable bonds is 8. The highest BCUT2D eigenvalue weighted by Crippen LogP contribution is 2.32. The van der Waals surface area contributed by atoms with Gasteiger partial charge in [0.1, 0.15) is 11.2 Å². The Morgan fingerprint density at radius 1 is 1.32 bits per heavy atom. The summed E-state index contributed by atoms with van der Waals surface area (Å²) in [4.78, 5) is 25.8. The Morgan fingerprint density at radius 3 is 2.68 bits per heavy atom. The number of hydrogen-bond donors (Lipinski definition) is 1. The Hall–Kier alpha value is -2.08. The van der Waals surface area contributed by atoms with Crippen molar-refractivity contribution in [1.82, 2.24) is 4.90 Å². The van der Waals surface area contributed by atoms with Crippen LogP contribution in [0.2, 0.25) is 0 Å². The zero-order valence-corrected chi connectivity index (χ0v) is 15.2. The van der Waals surface area contributed by atoms with Crippen LogP contribution in [0, 0.1) is 11.3 Å². The van der Waals surface area contributed by atoms with Crippen molar-refractivity contribution < 1.29 is 24.2 Å². The molecule has 0 saturated carbocycles. The maximum Gasteiger partial charge on any atom is 0.313 e. The first kappa shape index (κ1) is 19.2. The average Bonchev–Trinajstić information content (AvgIpc) is 3.01. The van der Waals surface area contributed by atoms with Crippen molar-refractivity contribution in [2.75, 3.05) is 33.9 Å². The van der Waals surface area contributed by atoms with Crippen LogP contribution < -0.4 is 4.74 Å². The van der Waals surface area contributed by atoms with Gasteiger partial charge in [0.2, 0.25) is 5.91 Å². The Morgan fingerprint density at radius 2 is 2.04 bits per heavy atom. The third-order valence-corrected chi connectivity index (χ3v) is 4.86. The van der Waals surface area contributed by atoms with Crippen molar-refractivity contribution in [1.29, 1.82) is 0 Å². The predicted molar refractivity (Wildman–Crippen MR) is 93.6 cm³/mol. The molecule has 1 N–H and O–H groups in total. The first-order valence-corrected chi connectivity index (χ1v) is 8.54. The van der Waals surface area contributed by atoms with Gasteiger partial charge in [0.25, 0.3) is 0 Å². The number of carbonyl (C=O) groups is 2. The van der Waals surface area contributed by atoms with E-state index < -0.39 is 11.4 Å². The van der Waals surface area contributed by atoms with E-state index in [2.05, 4.69) is 0 Å². The van der Waals surface area contributed by atoms with E-state index in [4.69, 9.17) is 9.47 Å². The van der Waals surface area contributed by atoms with Crippen LogP contribution in [-0.4, -0.2) is 55.8 Å². The summed E-state index contributed by atoms with van der Waals surface area (Å²) in [6, 6.07) is 7.79. The van der Waals surface area contributed by atoms with Gasteiger partial charge in [-0.25, -0.2) is 0 Å². The van der Waals surface area contributed by atoms with E-state index in [1.807, 2.05) is 31.2 Å². The zero-order chi connectivity index (χ0) is 18.4. The summed E-state index contributed by atoms with van der Waals surface area (Å²) in [6.45, 7) is 2.84. The van der Waals surface area contributed by atoms with E-state index >= 15 is 0 Å². The minimum Gasteiger partial charge on any atom is -0.496 e. The Labute approximate surface area is 148 Å². The fraction of sp³-hybridized carbons (Fsp3) is 0.579. The highest BCUT2D eigenvalue weighted by Gasteiger charge is 2.46. The van der Waals surface area contributed by atoms with Gasteiger partial charge in [0.05, 0.1) is 13.7 Å². The summed E-state index contributed by atoms with van der Waals surface area (Å²) in [5.74, 6) is 0.0763. The van der Waals surface area contributed by atoms with Gasteiger partial charge in [-0.05, 0) is 30.4 Å². The number of aliphatic carboxylic acids is 1. The highest BCUT2D eigenvalue weighted by molar-refractivity contribution is 5.81. The molecule has 0 radical (unpaired) electrons. The highest BCUT2D eigenvalue weighted by atomic mass is 16.5. The molecule has 6 nitrogen and oxygen atoms in total. The maximum atomic E-state index is 12.6. The van der Waals surface area contributed by atoms with E-state index in [-0.39, 0.29) is 25.0 Å². The summed E-state index contributed by atoms with van der Waals surface area (Å²) >= 11 is 0. The molecule has 1 aromatic rings. The SMILES string of the molecule is COCC1(C(=O)O)CCN(C(=O)CC(C)Cc2ccccc2OC)C1. The minimum absolute atomic E-state index is 0.00151. The van der Waals surface area contributed by atoms with Crippen LogP contribution in [0.1, 0.15) is 25.3 Å². The van der Waals surface area contributed by atoms with Gasteiger partial charge < -0.3 is 19.5 Å². The first-order chi connectivity index (χ1) is 11.9. The maximum absolute atomic E-state index is 12.6. The number of nitrogens with zero attached hydrogens (tertiary/aromatic N) is 1. The van der Waals surface area contributed by atoms with Gasteiger partial charge >= 0.3 is 5.97 Å². The predicted octanol–water partition coefficient (Wildman–Crippen LogP) is 2.21. The molecule has 2 unspecified atom stereocenters. The van der Waals surface area contributed by atoms with E-state index in [1.54, 1.807) is 12.0 Å². The molecule has 25 heavy (non-hydrogen) atoms. The van der Waals surface area contributed by atoms with Crippen molar-refractivity contribution in [2.45, 2.75) is 26.2 Å². The third kappa shape index (κ3) is 4.51. The molecule has 2 rings (SSSR count). The average molecular weight is 349 g/mol. The zero-order valence-electron chi connectivity index (χ0n) is 15.2.